The van der Waals surface area contributed by atoms with Gasteiger partial charge >= 0.3 is 0 Å². The summed E-state index contributed by atoms with van der Waals surface area (Å²) in [7, 11) is 0. The van der Waals surface area contributed by atoms with Crippen molar-refractivity contribution in [1.29, 1.82) is 0 Å². The van der Waals surface area contributed by atoms with E-state index in [0.717, 1.165) is 11.3 Å². The minimum absolute atomic E-state index is 0.125. The Morgan fingerprint density at radius 1 is 1.20 bits per heavy atom. The van der Waals surface area contributed by atoms with Crippen LogP contribution in [0.25, 0.3) is 11.3 Å². The normalized spacial score (nSPS) is 10.3. The van der Waals surface area contributed by atoms with E-state index >= 15 is 0 Å². The molecule has 0 amide bonds. The van der Waals surface area contributed by atoms with Crippen LogP contribution in [0, 0.1) is 6.92 Å². The number of benzene rings is 1. The van der Waals surface area contributed by atoms with Crippen molar-refractivity contribution in [2.24, 2.45) is 0 Å². The van der Waals surface area contributed by atoms with Crippen LogP contribution in [0.2, 0.25) is 0 Å². The maximum atomic E-state index is 8.95. The molecule has 0 spiro atoms. The molecule has 3 heteroatoms. The van der Waals surface area contributed by atoms with E-state index < -0.39 is 0 Å². The highest BCUT2D eigenvalue weighted by Crippen LogP contribution is 2.20. The minimum Gasteiger partial charge on any atom is -0.388 e. The summed E-state index contributed by atoms with van der Waals surface area (Å²) in [6.45, 7) is 1.91. The molecule has 0 radical (unpaired) electrons. The van der Waals surface area contributed by atoms with Gasteiger partial charge in [-0.25, -0.2) is 9.97 Å². The highest BCUT2D eigenvalue weighted by Gasteiger charge is 2.03. The second-order valence-corrected chi connectivity index (χ2v) is 3.33. The zero-order valence-corrected chi connectivity index (χ0v) is 8.51. The van der Waals surface area contributed by atoms with Gasteiger partial charge in [0, 0.05) is 11.8 Å². The lowest BCUT2D eigenvalue weighted by Gasteiger charge is -2.05. The average molecular weight is 200 g/mol. The first kappa shape index (κ1) is 9.80. The van der Waals surface area contributed by atoms with Gasteiger partial charge in [-0.05, 0) is 18.6 Å². The first-order valence-corrected chi connectivity index (χ1v) is 4.80. The van der Waals surface area contributed by atoms with Crippen molar-refractivity contribution in [2.45, 2.75) is 13.5 Å². The molecular formula is C12H12N2O. The first-order chi connectivity index (χ1) is 7.31. The number of nitrogens with zero attached hydrogens (tertiary/aromatic N) is 2. The molecule has 0 aliphatic carbocycles. The van der Waals surface area contributed by atoms with Gasteiger partial charge in [-0.2, -0.15) is 0 Å². The van der Waals surface area contributed by atoms with E-state index in [4.69, 9.17) is 5.11 Å². The Kier molecular flexibility index (Phi) is 2.74. The van der Waals surface area contributed by atoms with Crippen molar-refractivity contribution >= 4 is 0 Å². The summed E-state index contributed by atoms with van der Waals surface area (Å²) < 4.78 is 0. The second-order valence-electron chi connectivity index (χ2n) is 3.33. The fraction of sp³-hybridized carbons (Fsp3) is 0.167. The molecule has 0 saturated carbocycles. The summed E-state index contributed by atoms with van der Waals surface area (Å²) in [5.74, 6) is 0.454. The van der Waals surface area contributed by atoms with E-state index in [1.165, 1.54) is 5.56 Å². The predicted molar refractivity (Wildman–Crippen MR) is 58.1 cm³/mol. The zero-order valence-electron chi connectivity index (χ0n) is 8.51. The van der Waals surface area contributed by atoms with Crippen LogP contribution in [0.1, 0.15) is 11.4 Å². The van der Waals surface area contributed by atoms with Gasteiger partial charge in [0.15, 0.2) is 5.82 Å². The van der Waals surface area contributed by atoms with Crippen molar-refractivity contribution in [3.05, 3.63) is 47.9 Å². The van der Waals surface area contributed by atoms with Crippen LogP contribution >= 0.6 is 0 Å². The maximum absolute atomic E-state index is 8.95. The van der Waals surface area contributed by atoms with Gasteiger partial charge in [-0.15, -0.1) is 0 Å². The molecule has 0 saturated heterocycles. The number of rotatable bonds is 2. The van der Waals surface area contributed by atoms with E-state index in [1.54, 1.807) is 6.20 Å². The third-order valence-corrected chi connectivity index (χ3v) is 2.27. The summed E-state index contributed by atoms with van der Waals surface area (Å²) in [6, 6.07) is 9.87. The Morgan fingerprint density at radius 2 is 2.00 bits per heavy atom. The first-order valence-electron chi connectivity index (χ1n) is 4.80. The number of aryl methyl sites for hydroxylation is 1. The van der Waals surface area contributed by atoms with Crippen molar-refractivity contribution in [3.8, 4) is 11.3 Å². The van der Waals surface area contributed by atoms with Crippen LogP contribution in [-0.2, 0) is 6.61 Å². The van der Waals surface area contributed by atoms with Gasteiger partial charge in [-0.1, -0.05) is 24.3 Å². The molecule has 15 heavy (non-hydrogen) atoms. The Hall–Kier alpha value is -1.74. The Labute approximate surface area is 88.5 Å². The number of aliphatic hydroxyl groups excluding tert-OH is 1. The van der Waals surface area contributed by atoms with Crippen molar-refractivity contribution in [3.63, 3.8) is 0 Å². The monoisotopic (exact) mass is 200 g/mol. The van der Waals surface area contributed by atoms with Gasteiger partial charge < -0.3 is 5.11 Å². The predicted octanol–water partition coefficient (Wildman–Crippen LogP) is 1.94. The van der Waals surface area contributed by atoms with Crippen LogP contribution in [0.5, 0.6) is 0 Å². The van der Waals surface area contributed by atoms with Gasteiger partial charge in [-0.3, -0.25) is 0 Å². The standard InChI is InChI=1S/C12H12N2O/c1-9-4-2-3-5-10(9)11-6-7-13-12(8-15)14-11/h2-7,15H,8H2,1H3. The van der Waals surface area contributed by atoms with E-state index in [9.17, 15) is 0 Å². The highest BCUT2D eigenvalue weighted by atomic mass is 16.3. The number of aliphatic hydroxyl groups is 1. The topological polar surface area (TPSA) is 46.0 Å². The lowest BCUT2D eigenvalue weighted by Crippen LogP contribution is -1.96. The molecule has 1 heterocycles. The molecule has 0 aliphatic heterocycles. The molecule has 0 bridgehead atoms. The quantitative estimate of drug-likeness (QED) is 0.805. The molecule has 76 valence electrons. The van der Waals surface area contributed by atoms with E-state index in [0.29, 0.717) is 5.82 Å². The SMILES string of the molecule is Cc1ccccc1-c1ccnc(CO)n1. The van der Waals surface area contributed by atoms with Crippen LogP contribution in [0.3, 0.4) is 0 Å². The van der Waals surface area contributed by atoms with Crippen LogP contribution in [-0.4, -0.2) is 15.1 Å². The van der Waals surface area contributed by atoms with E-state index in [1.807, 2.05) is 37.3 Å². The molecule has 0 atom stereocenters. The number of hydrogen-bond donors (Lipinski definition) is 1. The third-order valence-electron chi connectivity index (χ3n) is 2.27. The van der Waals surface area contributed by atoms with Crippen LogP contribution < -0.4 is 0 Å². The van der Waals surface area contributed by atoms with E-state index in [-0.39, 0.29) is 6.61 Å². The molecule has 0 aliphatic rings. The number of aromatic nitrogens is 2. The van der Waals surface area contributed by atoms with Gasteiger partial charge in [0.25, 0.3) is 0 Å². The molecule has 3 nitrogen and oxygen atoms in total. The van der Waals surface area contributed by atoms with E-state index in [2.05, 4.69) is 9.97 Å². The van der Waals surface area contributed by atoms with Gasteiger partial charge in [0.2, 0.25) is 0 Å². The van der Waals surface area contributed by atoms with Gasteiger partial charge in [0.1, 0.15) is 6.61 Å². The summed E-state index contributed by atoms with van der Waals surface area (Å²) in [5.41, 5.74) is 3.10. The molecule has 0 unspecified atom stereocenters. The molecule has 1 aromatic carbocycles. The largest absolute Gasteiger partial charge is 0.388 e. The number of hydrogen-bond acceptors (Lipinski definition) is 3. The lowest BCUT2D eigenvalue weighted by atomic mass is 10.1. The summed E-state index contributed by atoms with van der Waals surface area (Å²) in [5, 5.41) is 8.95. The van der Waals surface area contributed by atoms with Crippen molar-refractivity contribution in [1.82, 2.24) is 9.97 Å². The lowest BCUT2D eigenvalue weighted by molar-refractivity contribution is 0.271. The minimum atomic E-state index is -0.125. The Balaban J connectivity index is 2.49. The van der Waals surface area contributed by atoms with Crippen molar-refractivity contribution in [2.75, 3.05) is 0 Å². The molecular weight excluding hydrogens is 188 g/mol. The molecule has 0 fully saturated rings. The zero-order chi connectivity index (χ0) is 10.7. The summed E-state index contributed by atoms with van der Waals surface area (Å²) in [4.78, 5) is 8.21. The molecule has 2 rings (SSSR count). The Bertz CT molecular complexity index is 469. The second kappa shape index (κ2) is 4.19. The maximum Gasteiger partial charge on any atom is 0.154 e. The summed E-state index contributed by atoms with van der Waals surface area (Å²) in [6.07, 6.45) is 1.67. The third kappa shape index (κ3) is 2.02. The fourth-order valence-electron chi connectivity index (χ4n) is 1.49. The summed E-state index contributed by atoms with van der Waals surface area (Å²) >= 11 is 0. The molecule has 1 aromatic heterocycles. The van der Waals surface area contributed by atoms with Crippen LogP contribution in [0.15, 0.2) is 36.5 Å². The van der Waals surface area contributed by atoms with Crippen molar-refractivity contribution < 1.29 is 5.11 Å². The molecule has 1 N–H and O–H groups in total. The van der Waals surface area contributed by atoms with Gasteiger partial charge in [0.05, 0.1) is 5.69 Å². The smallest absolute Gasteiger partial charge is 0.154 e. The fourth-order valence-corrected chi connectivity index (χ4v) is 1.49. The highest BCUT2D eigenvalue weighted by molar-refractivity contribution is 5.62. The molecule has 2 aromatic rings. The Morgan fingerprint density at radius 3 is 2.73 bits per heavy atom. The average Bonchev–Trinajstić information content (AvgIpc) is 2.30. The van der Waals surface area contributed by atoms with Crippen LogP contribution in [0.4, 0.5) is 0 Å².